The molecule has 0 unspecified atom stereocenters. The zero-order chi connectivity index (χ0) is 11.2. The van der Waals surface area contributed by atoms with Gasteiger partial charge in [-0.2, -0.15) is 0 Å². The SMILES string of the molecule is C=C1NC(=O)c2cc(Cl)c(Br)c(F)c2N1. The zero-order valence-corrected chi connectivity index (χ0v) is 9.67. The van der Waals surface area contributed by atoms with Crippen molar-refractivity contribution in [1.82, 2.24) is 5.32 Å². The molecule has 78 valence electrons. The van der Waals surface area contributed by atoms with E-state index in [1.165, 1.54) is 6.07 Å². The molecule has 0 aromatic heterocycles. The Labute approximate surface area is 98.4 Å². The van der Waals surface area contributed by atoms with E-state index in [2.05, 4.69) is 33.1 Å². The van der Waals surface area contributed by atoms with Gasteiger partial charge in [0.15, 0.2) is 5.82 Å². The first-order chi connectivity index (χ1) is 7.00. The predicted molar refractivity (Wildman–Crippen MR) is 59.3 cm³/mol. The molecule has 3 nitrogen and oxygen atoms in total. The van der Waals surface area contributed by atoms with Crippen molar-refractivity contribution in [2.75, 3.05) is 5.32 Å². The number of nitrogens with one attached hydrogen (secondary N) is 2. The Kier molecular flexibility index (Phi) is 2.44. The zero-order valence-electron chi connectivity index (χ0n) is 7.33. The number of amides is 1. The maximum absolute atomic E-state index is 13.7. The molecule has 6 heteroatoms. The van der Waals surface area contributed by atoms with E-state index in [0.717, 1.165) is 0 Å². The fourth-order valence-corrected chi connectivity index (χ4v) is 1.79. The van der Waals surface area contributed by atoms with Crippen LogP contribution in [0.4, 0.5) is 10.1 Å². The number of hydrogen-bond donors (Lipinski definition) is 2. The molecular formula is C9H5BrClFN2O. The summed E-state index contributed by atoms with van der Waals surface area (Å²) < 4.78 is 13.8. The van der Waals surface area contributed by atoms with Crippen molar-refractivity contribution in [2.45, 2.75) is 0 Å². The molecule has 0 saturated carbocycles. The lowest BCUT2D eigenvalue weighted by Crippen LogP contribution is -2.32. The van der Waals surface area contributed by atoms with Crippen molar-refractivity contribution in [3.05, 3.63) is 39.3 Å². The van der Waals surface area contributed by atoms with Crippen LogP contribution in [0.25, 0.3) is 0 Å². The lowest BCUT2D eigenvalue weighted by molar-refractivity contribution is 0.0963. The largest absolute Gasteiger partial charge is 0.339 e. The van der Waals surface area contributed by atoms with Crippen LogP contribution in [0.3, 0.4) is 0 Å². The standard InChI is InChI=1S/C9H5BrClFN2O/c1-3-13-8-4(9(15)14-3)2-5(11)6(10)7(8)12/h2,13H,1H2,(H,14,15). The first-order valence-corrected chi connectivity index (χ1v) is 5.12. The molecule has 1 amide bonds. The number of halogens is 3. The summed E-state index contributed by atoms with van der Waals surface area (Å²) in [5.41, 5.74) is 0.244. The number of benzene rings is 1. The van der Waals surface area contributed by atoms with Gasteiger partial charge in [0.2, 0.25) is 0 Å². The van der Waals surface area contributed by atoms with Crippen LogP contribution in [-0.4, -0.2) is 5.91 Å². The number of rotatable bonds is 0. The minimum absolute atomic E-state index is 0.0834. The predicted octanol–water partition coefficient (Wildman–Crippen LogP) is 2.87. The molecule has 0 fully saturated rings. The van der Waals surface area contributed by atoms with E-state index < -0.39 is 11.7 Å². The minimum Gasteiger partial charge on any atom is -0.339 e. The van der Waals surface area contributed by atoms with Crippen LogP contribution in [0.2, 0.25) is 5.02 Å². The molecule has 0 radical (unpaired) electrons. The van der Waals surface area contributed by atoms with Gasteiger partial charge in [0, 0.05) is 0 Å². The molecule has 2 rings (SSSR count). The van der Waals surface area contributed by atoms with Crippen LogP contribution in [0.5, 0.6) is 0 Å². The molecule has 15 heavy (non-hydrogen) atoms. The average Bonchev–Trinajstić information content (AvgIpc) is 2.17. The van der Waals surface area contributed by atoms with E-state index in [-0.39, 0.29) is 26.6 Å². The fourth-order valence-electron chi connectivity index (χ4n) is 1.28. The van der Waals surface area contributed by atoms with Crippen molar-refractivity contribution < 1.29 is 9.18 Å². The van der Waals surface area contributed by atoms with E-state index in [4.69, 9.17) is 11.6 Å². The summed E-state index contributed by atoms with van der Waals surface area (Å²) in [5, 5.41) is 5.21. The molecule has 1 heterocycles. The molecule has 1 aliphatic rings. The Bertz CT molecular complexity index is 489. The summed E-state index contributed by atoms with van der Waals surface area (Å²) in [6.45, 7) is 3.50. The summed E-state index contributed by atoms with van der Waals surface area (Å²) in [7, 11) is 0. The number of carbonyl (C=O) groups is 1. The van der Waals surface area contributed by atoms with Gasteiger partial charge in [-0.05, 0) is 22.0 Å². The van der Waals surface area contributed by atoms with Crippen LogP contribution < -0.4 is 10.6 Å². The average molecular weight is 292 g/mol. The Balaban J connectivity index is 2.71. The van der Waals surface area contributed by atoms with Gasteiger partial charge in [-0.3, -0.25) is 4.79 Å². The van der Waals surface area contributed by atoms with Crippen molar-refractivity contribution in [2.24, 2.45) is 0 Å². The Hall–Kier alpha value is -1.07. The molecule has 0 aliphatic carbocycles. The van der Waals surface area contributed by atoms with E-state index >= 15 is 0 Å². The summed E-state index contributed by atoms with van der Waals surface area (Å²) in [5.74, 6) is -0.795. The van der Waals surface area contributed by atoms with Gasteiger partial charge in [0.25, 0.3) is 5.91 Å². The monoisotopic (exact) mass is 290 g/mol. The summed E-state index contributed by atoms with van der Waals surface area (Å²) in [6.07, 6.45) is 0. The number of carbonyl (C=O) groups excluding carboxylic acids is 1. The highest BCUT2D eigenvalue weighted by atomic mass is 79.9. The maximum Gasteiger partial charge on any atom is 0.259 e. The lowest BCUT2D eigenvalue weighted by atomic mass is 10.1. The van der Waals surface area contributed by atoms with Crippen LogP contribution in [-0.2, 0) is 0 Å². The smallest absolute Gasteiger partial charge is 0.259 e. The van der Waals surface area contributed by atoms with Gasteiger partial charge in [0.1, 0.15) is 5.82 Å². The molecule has 1 aliphatic heterocycles. The van der Waals surface area contributed by atoms with Gasteiger partial charge in [-0.15, -0.1) is 0 Å². The number of fused-ring (bicyclic) bond motifs is 1. The third-order valence-electron chi connectivity index (χ3n) is 1.95. The van der Waals surface area contributed by atoms with Crippen molar-refractivity contribution in [3.8, 4) is 0 Å². The quantitative estimate of drug-likeness (QED) is 0.722. The minimum atomic E-state index is -0.603. The molecule has 0 saturated heterocycles. The highest BCUT2D eigenvalue weighted by molar-refractivity contribution is 9.10. The second-order valence-electron chi connectivity index (χ2n) is 2.97. The van der Waals surface area contributed by atoms with Gasteiger partial charge in [0.05, 0.1) is 20.7 Å². The fraction of sp³-hybridized carbons (Fsp3) is 0. The Morgan fingerprint density at radius 1 is 1.47 bits per heavy atom. The van der Waals surface area contributed by atoms with Gasteiger partial charge < -0.3 is 10.6 Å². The highest BCUT2D eigenvalue weighted by Gasteiger charge is 2.24. The van der Waals surface area contributed by atoms with Crippen LogP contribution in [0.15, 0.2) is 22.9 Å². The summed E-state index contributed by atoms with van der Waals surface area (Å²) in [4.78, 5) is 11.5. The third-order valence-corrected chi connectivity index (χ3v) is 3.25. The Morgan fingerprint density at radius 3 is 2.80 bits per heavy atom. The summed E-state index contributed by atoms with van der Waals surface area (Å²) >= 11 is 8.73. The van der Waals surface area contributed by atoms with E-state index in [0.29, 0.717) is 0 Å². The summed E-state index contributed by atoms with van der Waals surface area (Å²) in [6, 6.07) is 1.39. The second-order valence-corrected chi connectivity index (χ2v) is 4.17. The molecule has 2 N–H and O–H groups in total. The van der Waals surface area contributed by atoms with E-state index in [1.54, 1.807) is 0 Å². The molecule has 0 spiro atoms. The van der Waals surface area contributed by atoms with Crippen molar-refractivity contribution in [3.63, 3.8) is 0 Å². The molecule has 0 atom stereocenters. The van der Waals surface area contributed by atoms with Gasteiger partial charge in [-0.25, -0.2) is 4.39 Å². The Morgan fingerprint density at radius 2 is 2.13 bits per heavy atom. The highest BCUT2D eigenvalue weighted by Crippen LogP contribution is 2.35. The van der Waals surface area contributed by atoms with Gasteiger partial charge in [-0.1, -0.05) is 18.2 Å². The van der Waals surface area contributed by atoms with Crippen LogP contribution >= 0.6 is 27.5 Å². The van der Waals surface area contributed by atoms with Gasteiger partial charge >= 0.3 is 0 Å². The lowest BCUT2D eigenvalue weighted by Gasteiger charge is -2.21. The third kappa shape index (κ3) is 1.61. The van der Waals surface area contributed by atoms with Crippen LogP contribution in [0, 0.1) is 5.82 Å². The van der Waals surface area contributed by atoms with Crippen molar-refractivity contribution in [1.29, 1.82) is 0 Å². The van der Waals surface area contributed by atoms with Crippen molar-refractivity contribution >= 4 is 39.1 Å². The maximum atomic E-state index is 13.7. The molecule has 0 bridgehead atoms. The van der Waals surface area contributed by atoms with Crippen LogP contribution in [0.1, 0.15) is 10.4 Å². The first-order valence-electron chi connectivity index (χ1n) is 3.95. The number of anilines is 1. The van der Waals surface area contributed by atoms with E-state index in [1.807, 2.05) is 0 Å². The first kappa shape index (κ1) is 10.4. The van der Waals surface area contributed by atoms with E-state index in [9.17, 15) is 9.18 Å². The second kappa shape index (κ2) is 3.50. The normalized spacial score (nSPS) is 14.3. The molecular weight excluding hydrogens is 286 g/mol. The molecule has 1 aromatic rings. The molecule has 1 aromatic carbocycles. The number of hydrogen-bond acceptors (Lipinski definition) is 2. The topological polar surface area (TPSA) is 41.1 Å².